The lowest BCUT2D eigenvalue weighted by atomic mass is 9.97. The van der Waals surface area contributed by atoms with Crippen molar-refractivity contribution in [3.05, 3.63) is 53.3 Å². The van der Waals surface area contributed by atoms with Crippen molar-refractivity contribution in [2.24, 2.45) is 0 Å². The van der Waals surface area contributed by atoms with E-state index < -0.39 is 0 Å². The summed E-state index contributed by atoms with van der Waals surface area (Å²) in [6, 6.07) is 11.5. The molecule has 0 amide bonds. The Morgan fingerprint density at radius 2 is 1.95 bits per heavy atom. The van der Waals surface area contributed by atoms with Crippen LogP contribution in [0.2, 0.25) is 0 Å². The molecule has 0 fully saturated rings. The number of hydrogen-bond acceptors (Lipinski definition) is 2. The highest BCUT2D eigenvalue weighted by Gasteiger charge is 2.15. The number of nitrogens with one attached hydrogen (secondary N) is 1. The molecule has 1 unspecified atom stereocenters. The number of hydrogen-bond donors (Lipinski definition) is 1. The summed E-state index contributed by atoms with van der Waals surface area (Å²) >= 11 is 0. The molecule has 0 aliphatic heterocycles. The van der Waals surface area contributed by atoms with Crippen molar-refractivity contribution in [1.82, 2.24) is 15.1 Å². The van der Waals surface area contributed by atoms with Crippen LogP contribution in [0.25, 0.3) is 0 Å². The van der Waals surface area contributed by atoms with Gasteiger partial charge in [0.1, 0.15) is 0 Å². The summed E-state index contributed by atoms with van der Waals surface area (Å²) in [5.74, 6) is 0. The molecular weight excluding hydrogens is 258 g/mol. The summed E-state index contributed by atoms with van der Waals surface area (Å²) in [5, 5.41) is 8.35. The molecule has 1 N–H and O–H groups in total. The van der Waals surface area contributed by atoms with Crippen LogP contribution in [-0.4, -0.2) is 16.3 Å². The lowest BCUT2D eigenvalue weighted by molar-refractivity contribution is 0.498. The van der Waals surface area contributed by atoms with Gasteiger partial charge >= 0.3 is 0 Å². The minimum atomic E-state index is 0.335. The Morgan fingerprint density at radius 1 is 1.19 bits per heavy atom. The Labute approximate surface area is 128 Å². The molecule has 0 bridgehead atoms. The van der Waals surface area contributed by atoms with Gasteiger partial charge in [-0.3, -0.25) is 4.68 Å². The van der Waals surface area contributed by atoms with E-state index >= 15 is 0 Å². The van der Waals surface area contributed by atoms with Crippen molar-refractivity contribution in [2.45, 2.75) is 52.6 Å². The largest absolute Gasteiger partial charge is 0.310 e. The summed E-state index contributed by atoms with van der Waals surface area (Å²) in [6.07, 6.45) is 4.15. The molecule has 0 spiro atoms. The molecule has 2 rings (SSSR count). The standard InChI is InChI=1S/C18H27N3/c1-5-11-19-18(17-9-7-6-8-15(17)4)13-16-10-12-21(20-16)14(2)3/h6-10,12,14,18-19H,5,11,13H2,1-4H3. The third-order valence-electron chi connectivity index (χ3n) is 3.81. The van der Waals surface area contributed by atoms with Gasteiger partial charge in [-0.05, 0) is 50.9 Å². The van der Waals surface area contributed by atoms with E-state index in [9.17, 15) is 0 Å². The second-order valence-electron chi connectivity index (χ2n) is 5.95. The molecule has 0 saturated carbocycles. The normalized spacial score (nSPS) is 12.8. The molecule has 2 aromatic rings. The summed E-state index contributed by atoms with van der Waals surface area (Å²) in [6.45, 7) is 9.73. The van der Waals surface area contributed by atoms with Gasteiger partial charge in [-0.25, -0.2) is 0 Å². The number of aryl methyl sites for hydroxylation is 1. The maximum absolute atomic E-state index is 4.69. The van der Waals surface area contributed by atoms with Gasteiger partial charge in [-0.2, -0.15) is 5.10 Å². The predicted octanol–water partition coefficient (Wildman–Crippen LogP) is 4.06. The van der Waals surface area contributed by atoms with Crippen LogP contribution >= 0.6 is 0 Å². The van der Waals surface area contributed by atoms with Crippen LogP contribution in [0.1, 0.15) is 56.1 Å². The third-order valence-corrected chi connectivity index (χ3v) is 3.81. The average Bonchev–Trinajstić information content (AvgIpc) is 2.93. The fourth-order valence-electron chi connectivity index (χ4n) is 2.57. The topological polar surface area (TPSA) is 29.9 Å². The lowest BCUT2D eigenvalue weighted by Crippen LogP contribution is -2.25. The number of aromatic nitrogens is 2. The van der Waals surface area contributed by atoms with Crippen molar-refractivity contribution >= 4 is 0 Å². The first-order chi connectivity index (χ1) is 10.1. The fourth-order valence-corrected chi connectivity index (χ4v) is 2.57. The van der Waals surface area contributed by atoms with Gasteiger partial charge in [0.05, 0.1) is 5.69 Å². The highest BCUT2D eigenvalue weighted by Crippen LogP contribution is 2.21. The molecule has 3 nitrogen and oxygen atoms in total. The van der Waals surface area contributed by atoms with Crippen LogP contribution < -0.4 is 5.32 Å². The van der Waals surface area contributed by atoms with E-state index in [0.717, 1.165) is 25.1 Å². The van der Waals surface area contributed by atoms with Crippen LogP contribution in [0.5, 0.6) is 0 Å². The minimum absolute atomic E-state index is 0.335. The Kier molecular flexibility index (Phi) is 5.57. The number of rotatable bonds is 7. The Balaban J connectivity index is 2.18. The molecule has 0 aliphatic carbocycles. The zero-order chi connectivity index (χ0) is 15.2. The first kappa shape index (κ1) is 15.8. The summed E-state index contributed by atoms with van der Waals surface area (Å²) < 4.78 is 2.03. The molecule has 0 radical (unpaired) electrons. The SMILES string of the molecule is CCCNC(Cc1ccn(C(C)C)n1)c1ccccc1C. The molecule has 114 valence electrons. The molecule has 0 saturated heterocycles. The average molecular weight is 285 g/mol. The Morgan fingerprint density at radius 3 is 2.57 bits per heavy atom. The van der Waals surface area contributed by atoms with Gasteiger partial charge < -0.3 is 5.32 Å². The first-order valence-corrected chi connectivity index (χ1v) is 7.94. The van der Waals surface area contributed by atoms with Gasteiger partial charge in [0.25, 0.3) is 0 Å². The predicted molar refractivity (Wildman–Crippen MR) is 88.5 cm³/mol. The van der Waals surface area contributed by atoms with Gasteiger partial charge in [0.2, 0.25) is 0 Å². The highest BCUT2D eigenvalue weighted by atomic mass is 15.3. The van der Waals surface area contributed by atoms with Crippen molar-refractivity contribution in [3.8, 4) is 0 Å². The lowest BCUT2D eigenvalue weighted by Gasteiger charge is -2.20. The van der Waals surface area contributed by atoms with Gasteiger partial charge in [0, 0.05) is 24.7 Å². The van der Waals surface area contributed by atoms with E-state index in [0.29, 0.717) is 12.1 Å². The highest BCUT2D eigenvalue weighted by molar-refractivity contribution is 5.29. The number of benzene rings is 1. The van der Waals surface area contributed by atoms with Crippen molar-refractivity contribution < 1.29 is 0 Å². The zero-order valence-corrected chi connectivity index (χ0v) is 13.6. The zero-order valence-electron chi connectivity index (χ0n) is 13.6. The van der Waals surface area contributed by atoms with Crippen molar-refractivity contribution in [2.75, 3.05) is 6.54 Å². The Hall–Kier alpha value is -1.61. The molecule has 1 aromatic heterocycles. The molecule has 3 heteroatoms. The van der Waals surface area contributed by atoms with E-state index in [1.807, 2.05) is 4.68 Å². The van der Waals surface area contributed by atoms with Gasteiger partial charge in [-0.15, -0.1) is 0 Å². The smallest absolute Gasteiger partial charge is 0.0643 e. The van der Waals surface area contributed by atoms with Gasteiger partial charge in [-0.1, -0.05) is 31.2 Å². The second kappa shape index (κ2) is 7.41. The van der Waals surface area contributed by atoms with Crippen molar-refractivity contribution in [3.63, 3.8) is 0 Å². The molecule has 0 aliphatic rings. The fraction of sp³-hybridized carbons (Fsp3) is 0.500. The van der Waals surface area contributed by atoms with E-state index in [2.05, 4.69) is 74.6 Å². The van der Waals surface area contributed by atoms with Crippen LogP contribution in [0.3, 0.4) is 0 Å². The van der Waals surface area contributed by atoms with Crippen LogP contribution in [0.4, 0.5) is 0 Å². The molecule has 1 aromatic carbocycles. The van der Waals surface area contributed by atoms with E-state index in [-0.39, 0.29) is 0 Å². The van der Waals surface area contributed by atoms with E-state index in [1.165, 1.54) is 11.1 Å². The molecular formula is C18H27N3. The van der Waals surface area contributed by atoms with Crippen LogP contribution in [-0.2, 0) is 6.42 Å². The van der Waals surface area contributed by atoms with E-state index in [4.69, 9.17) is 0 Å². The quantitative estimate of drug-likeness (QED) is 0.831. The molecule has 1 heterocycles. The van der Waals surface area contributed by atoms with Crippen molar-refractivity contribution in [1.29, 1.82) is 0 Å². The Bertz CT molecular complexity index is 557. The molecule has 1 atom stereocenters. The maximum Gasteiger partial charge on any atom is 0.0643 e. The summed E-state index contributed by atoms with van der Waals surface area (Å²) in [5.41, 5.74) is 3.87. The summed E-state index contributed by atoms with van der Waals surface area (Å²) in [4.78, 5) is 0. The first-order valence-electron chi connectivity index (χ1n) is 7.94. The maximum atomic E-state index is 4.69. The minimum Gasteiger partial charge on any atom is -0.310 e. The number of nitrogens with zero attached hydrogens (tertiary/aromatic N) is 2. The van der Waals surface area contributed by atoms with E-state index in [1.54, 1.807) is 0 Å². The molecule has 21 heavy (non-hydrogen) atoms. The monoisotopic (exact) mass is 285 g/mol. The van der Waals surface area contributed by atoms with Crippen LogP contribution in [0, 0.1) is 6.92 Å². The summed E-state index contributed by atoms with van der Waals surface area (Å²) in [7, 11) is 0. The third kappa shape index (κ3) is 4.18. The van der Waals surface area contributed by atoms with Gasteiger partial charge in [0.15, 0.2) is 0 Å². The second-order valence-corrected chi connectivity index (χ2v) is 5.95. The van der Waals surface area contributed by atoms with Crippen LogP contribution in [0.15, 0.2) is 36.5 Å².